The van der Waals surface area contributed by atoms with Crippen molar-refractivity contribution in [2.45, 2.75) is 84.5 Å². The summed E-state index contributed by atoms with van der Waals surface area (Å²) in [5.74, 6) is 0. The van der Waals surface area contributed by atoms with Gasteiger partial charge in [-0.05, 0) is 135 Å². The molecule has 0 unspecified atom stereocenters. The number of fused-ring (bicyclic) bond motifs is 8. The van der Waals surface area contributed by atoms with E-state index in [0.29, 0.717) is 0 Å². The summed E-state index contributed by atoms with van der Waals surface area (Å²) >= 11 is 0. The van der Waals surface area contributed by atoms with Gasteiger partial charge in [-0.1, -0.05) is 180 Å². The minimum absolute atomic E-state index is 0.165. The molecule has 1 aliphatic heterocycles. The average Bonchev–Trinajstić information content (AvgIpc) is 3.79. The molecule has 2 nitrogen and oxygen atoms in total. The van der Waals surface area contributed by atoms with E-state index in [9.17, 15) is 0 Å². The van der Waals surface area contributed by atoms with Crippen LogP contribution in [-0.2, 0) is 18.3 Å². The number of benzene rings is 8. The molecule has 8 aromatic carbocycles. The van der Waals surface area contributed by atoms with E-state index in [1.807, 2.05) is 0 Å². The summed E-state index contributed by atoms with van der Waals surface area (Å²) in [4.78, 5) is 0. The molecule has 1 aliphatic carbocycles. The highest BCUT2D eigenvalue weighted by Gasteiger charge is 2.37. The third-order valence-corrected chi connectivity index (χ3v) is 14.3. The molecule has 64 heavy (non-hydrogen) atoms. The molecule has 0 saturated heterocycles. The van der Waals surface area contributed by atoms with Gasteiger partial charge in [0.1, 0.15) is 0 Å². The Labute approximate surface area is 380 Å². The molecule has 0 spiro atoms. The summed E-state index contributed by atoms with van der Waals surface area (Å²) in [7, 11) is 2.52. The summed E-state index contributed by atoms with van der Waals surface area (Å²) < 4.78 is 2.58. The van der Waals surface area contributed by atoms with Crippen molar-refractivity contribution in [2.24, 2.45) is 0 Å². The van der Waals surface area contributed by atoms with Crippen LogP contribution in [0.2, 0.25) is 0 Å². The van der Waals surface area contributed by atoms with Crippen molar-refractivity contribution in [1.82, 2.24) is 4.57 Å². The van der Waals surface area contributed by atoms with E-state index in [-0.39, 0.29) is 5.41 Å². The molecule has 1 N–H and O–H groups in total. The molecular weight excluding hydrogens is 771 g/mol. The van der Waals surface area contributed by atoms with E-state index in [2.05, 4.69) is 209 Å². The fourth-order valence-electron chi connectivity index (χ4n) is 11.0. The van der Waals surface area contributed by atoms with Gasteiger partial charge in [-0.15, -0.1) is 0 Å². The Hall–Kier alpha value is -6.58. The largest absolute Gasteiger partial charge is 0.355 e. The quantitative estimate of drug-likeness (QED) is 0.0905. The molecular formula is C61H56BN2. The normalized spacial score (nSPS) is 13.1. The maximum atomic E-state index is 4.04. The van der Waals surface area contributed by atoms with Gasteiger partial charge in [0.15, 0.2) is 7.28 Å². The predicted octanol–water partition coefficient (Wildman–Crippen LogP) is 15.3. The van der Waals surface area contributed by atoms with E-state index in [4.69, 9.17) is 0 Å². The van der Waals surface area contributed by atoms with Crippen LogP contribution >= 0.6 is 0 Å². The Balaban J connectivity index is 1.21. The van der Waals surface area contributed by atoms with E-state index in [0.717, 1.165) is 24.2 Å². The second-order valence-electron chi connectivity index (χ2n) is 18.8. The zero-order chi connectivity index (χ0) is 43.4. The lowest BCUT2D eigenvalue weighted by molar-refractivity contribution is 0.660. The second-order valence-corrected chi connectivity index (χ2v) is 18.8. The highest BCUT2D eigenvalue weighted by atomic mass is 15.0. The molecule has 0 saturated carbocycles. The average molecular weight is 828 g/mol. The zero-order valence-corrected chi connectivity index (χ0v) is 37.8. The molecule has 0 atom stereocenters. The number of hydrogen-bond acceptors (Lipinski definition) is 1. The number of nitrogens with one attached hydrogen (secondary N) is 1. The van der Waals surface area contributed by atoms with Crippen molar-refractivity contribution in [3.05, 3.63) is 186 Å². The van der Waals surface area contributed by atoms with Gasteiger partial charge in [-0.25, -0.2) is 0 Å². The van der Waals surface area contributed by atoms with E-state index in [1.165, 1.54) is 144 Å². The van der Waals surface area contributed by atoms with E-state index >= 15 is 0 Å². The Kier molecular flexibility index (Phi) is 10.4. The van der Waals surface area contributed by atoms with Crippen LogP contribution < -0.4 is 16.2 Å². The van der Waals surface area contributed by atoms with Crippen LogP contribution in [0.25, 0.3) is 72.0 Å². The third-order valence-electron chi connectivity index (χ3n) is 14.3. The summed E-state index contributed by atoms with van der Waals surface area (Å²) in [6.07, 6.45) is 9.62. The molecule has 1 aromatic heterocycles. The number of aryl methyl sites for hydroxylation is 2. The molecule has 0 fully saturated rings. The number of unbranched alkanes of at least 4 members (excludes halogenated alkanes) is 4. The number of aromatic nitrogens is 1. The summed E-state index contributed by atoms with van der Waals surface area (Å²) in [6, 6.07) is 62.0. The first-order chi connectivity index (χ1) is 31.4. The Morgan fingerprint density at radius 2 is 1.19 bits per heavy atom. The number of para-hydroxylation sites is 1. The fourth-order valence-corrected chi connectivity index (χ4v) is 11.0. The fraction of sp³-hybridized carbons (Fsp3) is 0.213. The van der Waals surface area contributed by atoms with Crippen LogP contribution in [0.5, 0.6) is 0 Å². The molecule has 2 heterocycles. The minimum Gasteiger partial charge on any atom is -0.355 e. The monoisotopic (exact) mass is 827 g/mol. The lowest BCUT2D eigenvalue weighted by Gasteiger charge is -2.27. The van der Waals surface area contributed by atoms with Crippen LogP contribution in [-0.4, -0.2) is 11.8 Å². The van der Waals surface area contributed by atoms with Crippen molar-refractivity contribution >= 4 is 51.4 Å². The standard InChI is InChI=1S/C61H56BN2/c1-5-7-10-20-40-30-33-43(34-31-40)63-55-39-48-46-26-16-18-28-52(46)61(3,4)53(48)38-49(55)51-37-50(45-25-15-14-24-44(45)42-22-12-9-13-23-42)58-47-27-17-19-29-56(47)64-57-35-32-41(21-11-8-6-2)36-54(57)62-59(51)60(58)64/h9,12-19,22-39,63H,5-8,10-11,20-21H2,1-4H3. The number of anilines is 2. The van der Waals surface area contributed by atoms with Crippen LogP contribution in [0, 0.1) is 0 Å². The summed E-state index contributed by atoms with van der Waals surface area (Å²) in [5.41, 5.74) is 24.0. The third kappa shape index (κ3) is 6.80. The second kappa shape index (κ2) is 16.5. The Morgan fingerprint density at radius 1 is 0.516 bits per heavy atom. The van der Waals surface area contributed by atoms with Gasteiger partial charge in [-0.3, -0.25) is 0 Å². The van der Waals surface area contributed by atoms with Crippen molar-refractivity contribution in [2.75, 3.05) is 5.32 Å². The topological polar surface area (TPSA) is 17.0 Å². The Bertz CT molecular complexity index is 3210. The molecule has 3 heteroatoms. The lowest BCUT2D eigenvalue weighted by Crippen LogP contribution is -2.37. The van der Waals surface area contributed by atoms with Gasteiger partial charge >= 0.3 is 0 Å². The highest BCUT2D eigenvalue weighted by molar-refractivity contribution is 6.73. The van der Waals surface area contributed by atoms with Gasteiger partial charge in [0.2, 0.25) is 0 Å². The van der Waals surface area contributed by atoms with E-state index in [1.54, 1.807) is 0 Å². The molecule has 9 aromatic rings. The number of rotatable bonds is 13. The van der Waals surface area contributed by atoms with Gasteiger partial charge < -0.3 is 9.88 Å². The van der Waals surface area contributed by atoms with Crippen LogP contribution in [0.3, 0.4) is 0 Å². The first kappa shape index (κ1) is 40.2. The molecule has 313 valence electrons. The van der Waals surface area contributed by atoms with Crippen molar-refractivity contribution < 1.29 is 0 Å². The van der Waals surface area contributed by atoms with Crippen molar-refractivity contribution in [1.29, 1.82) is 0 Å². The highest BCUT2D eigenvalue weighted by Crippen LogP contribution is 2.53. The van der Waals surface area contributed by atoms with Gasteiger partial charge in [0, 0.05) is 44.3 Å². The SMILES string of the molecule is CCCCCc1ccc(Nc2cc3c(cc2-c2cc(-c4ccccc4-c4ccccc4)c4c5ccccc5n5c4c2[B]c2cc(CCCCC)ccc2-5)C(C)(C)c2ccccc2-3)cc1. The van der Waals surface area contributed by atoms with Crippen LogP contribution in [0.1, 0.15) is 88.5 Å². The summed E-state index contributed by atoms with van der Waals surface area (Å²) in [5, 5.41) is 6.62. The maximum absolute atomic E-state index is 4.04. The lowest BCUT2D eigenvalue weighted by atomic mass is 9.58. The van der Waals surface area contributed by atoms with Crippen LogP contribution in [0.15, 0.2) is 164 Å². The van der Waals surface area contributed by atoms with Gasteiger partial charge in [0.25, 0.3) is 0 Å². The van der Waals surface area contributed by atoms with Crippen molar-refractivity contribution in [3.63, 3.8) is 0 Å². The molecule has 1 radical (unpaired) electrons. The smallest absolute Gasteiger partial charge is 0.197 e. The van der Waals surface area contributed by atoms with E-state index < -0.39 is 0 Å². The summed E-state index contributed by atoms with van der Waals surface area (Å²) in [6.45, 7) is 9.38. The predicted molar refractivity (Wildman–Crippen MR) is 276 cm³/mol. The minimum atomic E-state index is -0.165. The Morgan fingerprint density at radius 3 is 1.97 bits per heavy atom. The van der Waals surface area contributed by atoms with Crippen molar-refractivity contribution in [3.8, 4) is 50.2 Å². The van der Waals surface area contributed by atoms with Gasteiger partial charge in [0.05, 0.1) is 5.52 Å². The van der Waals surface area contributed by atoms with Gasteiger partial charge in [-0.2, -0.15) is 0 Å². The van der Waals surface area contributed by atoms with Crippen LogP contribution in [0.4, 0.5) is 11.4 Å². The molecule has 0 amide bonds. The zero-order valence-electron chi connectivity index (χ0n) is 37.8. The first-order valence-corrected chi connectivity index (χ1v) is 23.8. The maximum Gasteiger partial charge on any atom is 0.197 e. The molecule has 11 rings (SSSR count). The first-order valence-electron chi connectivity index (χ1n) is 23.8. The molecule has 2 aliphatic rings. The number of nitrogens with zero attached hydrogens (tertiary/aromatic N) is 1. The molecule has 0 bridgehead atoms. The number of hydrogen-bond donors (Lipinski definition) is 1.